The molecule has 0 unspecified atom stereocenters. The van der Waals surface area contributed by atoms with Gasteiger partial charge in [0.2, 0.25) is 0 Å². The average Bonchev–Trinajstić information content (AvgIpc) is 2.31. The summed E-state index contributed by atoms with van der Waals surface area (Å²) in [5.74, 6) is 0. The Balaban J connectivity index is 2.31. The van der Waals surface area contributed by atoms with Gasteiger partial charge in [-0.25, -0.2) is 0 Å². The number of hydrogen-bond donors (Lipinski definition) is 0. The van der Waals surface area contributed by atoms with E-state index in [1.807, 2.05) is 18.5 Å². The van der Waals surface area contributed by atoms with Crippen molar-refractivity contribution >= 4 is 0 Å². The van der Waals surface area contributed by atoms with Crippen molar-refractivity contribution in [3.05, 3.63) is 59.2 Å². The monoisotopic (exact) mass is 240 g/mol. The van der Waals surface area contributed by atoms with Crippen LogP contribution in [0.15, 0.2) is 36.8 Å². The maximum absolute atomic E-state index is 4.52. The lowest BCUT2D eigenvalue weighted by molar-refractivity contribution is 0.583. The van der Waals surface area contributed by atoms with Crippen LogP contribution in [0.25, 0.3) is 0 Å². The van der Waals surface area contributed by atoms with Gasteiger partial charge in [0.05, 0.1) is 0 Å². The molecule has 2 rings (SSSR count). The molecular formula is C16H20N2. The molecule has 0 aromatic carbocycles. The third-order valence-corrected chi connectivity index (χ3v) is 3.08. The highest BCUT2D eigenvalue weighted by molar-refractivity contribution is 5.33. The molecule has 0 aliphatic rings. The van der Waals surface area contributed by atoms with Crippen LogP contribution in [0, 0.1) is 6.92 Å². The zero-order valence-corrected chi connectivity index (χ0v) is 11.6. The largest absolute Gasteiger partial charge is 0.264 e. The third kappa shape index (κ3) is 2.95. The Morgan fingerprint density at radius 2 is 1.94 bits per heavy atom. The maximum Gasteiger partial charge on any atom is 0.0451 e. The molecule has 0 fully saturated rings. The van der Waals surface area contributed by atoms with Crippen LogP contribution >= 0.6 is 0 Å². The molecule has 0 radical (unpaired) electrons. The highest BCUT2D eigenvalue weighted by atomic mass is 14.7. The summed E-state index contributed by atoms with van der Waals surface area (Å²) < 4.78 is 0. The normalized spacial score (nSPS) is 11.6. The molecule has 0 amide bonds. The van der Waals surface area contributed by atoms with Gasteiger partial charge in [-0.3, -0.25) is 9.97 Å². The van der Waals surface area contributed by atoms with Gasteiger partial charge in [0, 0.05) is 30.7 Å². The zero-order valence-electron chi connectivity index (χ0n) is 11.6. The Morgan fingerprint density at radius 1 is 1.17 bits per heavy atom. The molecule has 0 aliphatic carbocycles. The fourth-order valence-corrected chi connectivity index (χ4v) is 2.18. The van der Waals surface area contributed by atoms with E-state index in [1.165, 1.54) is 16.7 Å². The van der Waals surface area contributed by atoms with Crippen molar-refractivity contribution in [1.82, 2.24) is 9.97 Å². The number of aromatic nitrogens is 2. The molecule has 2 heterocycles. The quantitative estimate of drug-likeness (QED) is 0.800. The van der Waals surface area contributed by atoms with E-state index in [2.05, 4.69) is 49.8 Å². The summed E-state index contributed by atoms with van der Waals surface area (Å²) in [6, 6.07) is 6.28. The highest BCUT2D eigenvalue weighted by Crippen LogP contribution is 2.26. The first-order valence-corrected chi connectivity index (χ1v) is 6.32. The Kier molecular flexibility index (Phi) is 3.46. The third-order valence-electron chi connectivity index (χ3n) is 3.08. The number of hydrogen-bond acceptors (Lipinski definition) is 2. The summed E-state index contributed by atoms with van der Waals surface area (Å²) in [6.07, 6.45) is 6.52. The van der Waals surface area contributed by atoms with Gasteiger partial charge in [-0.15, -0.1) is 0 Å². The molecule has 0 atom stereocenters. The van der Waals surface area contributed by atoms with Crippen molar-refractivity contribution in [3.8, 4) is 0 Å². The second kappa shape index (κ2) is 4.89. The Labute approximate surface area is 109 Å². The highest BCUT2D eigenvalue weighted by Gasteiger charge is 2.17. The SMILES string of the molecule is Cc1cnc(Cc2cccnc2)cc1C(C)(C)C. The van der Waals surface area contributed by atoms with Crippen LogP contribution in [-0.4, -0.2) is 9.97 Å². The lowest BCUT2D eigenvalue weighted by Gasteiger charge is -2.22. The van der Waals surface area contributed by atoms with Gasteiger partial charge in [0.25, 0.3) is 0 Å². The molecule has 2 aromatic rings. The van der Waals surface area contributed by atoms with Gasteiger partial charge in [0.1, 0.15) is 0 Å². The van der Waals surface area contributed by atoms with E-state index in [0.29, 0.717) is 0 Å². The van der Waals surface area contributed by atoms with Gasteiger partial charge in [-0.1, -0.05) is 26.8 Å². The Hall–Kier alpha value is -1.70. The van der Waals surface area contributed by atoms with Gasteiger partial charge < -0.3 is 0 Å². The summed E-state index contributed by atoms with van der Waals surface area (Å²) in [4.78, 5) is 8.66. The molecule has 18 heavy (non-hydrogen) atoms. The number of pyridine rings is 2. The average molecular weight is 240 g/mol. The van der Waals surface area contributed by atoms with Crippen LogP contribution in [0.5, 0.6) is 0 Å². The Morgan fingerprint density at radius 3 is 2.56 bits per heavy atom. The van der Waals surface area contributed by atoms with Crippen molar-refractivity contribution in [3.63, 3.8) is 0 Å². The summed E-state index contributed by atoms with van der Waals surface area (Å²) in [6.45, 7) is 8.84. The van der Waals surface area contributed by atoms with Crippen LogP contribution in [-0.2, 0) is 11.8 Å². The van der Waals surface area contributed by atoms with Crippen LogP contribution in [0.1, 0.15) is 43.2 Å². The van der Waals surface area contributed by atoms with Crippen molar-refractivity contribution in [2.75, 3.05) is 0 Å². The van der Waals surface area contributed by atoms with Crippen LogP contribution in [0.4, 0.5) is 0 Å². The first-order valence-electron chi connectivity index (χ1n) is 6.32. The van der Waals surface area contributed by atoms with Crippen LogP contribution in [0.2, 0.25) is 0 Å². The first-order chi connectivity index (χ1) is 8.47. The molecule has 0 aliphatic heterocycles. The molecule has 0 saturated heterocycles. The minimum atomic E-state index is 0.163. The number of nitrogens with zero attached hydrogens (tertiary/aromatic N) is 2. The van der Waals surface area contributed by atoms with Gasteiger partial charge >= 0.3 is 0 Å². The van der Waals surface area contributed by atoms with Gasteiger partial charge in [-0.05, 0) is 41.2 Å². The smallest absolute Gasteiger partial charge is 0.0451 e. The molecule has 0 bridgehead atoms. The molecule has 2 nitrogen and oxygen atoms in total. The molecule has 94 valence electrons. The molecule has 0 spiro atoms. The summed E-state index contributed by atoms with van der Waals surface area (Å²) in [7, 11) is 0. The lowest BCUT2D eigenvalue weighted by Crippen LogP contribution is -2.14. The van der Waals surface area contributed by atoms with E-state index in [1.54, 1.807) is 6.20 Å². The van der Waals surface area contributed by atoms with Gasteiger partial charge in [0.15, 0.2) is 0 Å². The van der Waals surface area contributed by atoms with E-state index in [9.17, 15) is 0 Å². The number of aryl methyl sites for hydroxylation is 1. The van der Waals surface area contributed by atoms with Crippen molar-refractivity contribution < 1.29 is 0 Å². The molecule has 0 N–H and O–H groups in total. The second-order valence-electron chi connectivity index (χ2n) is 5.78. The fourth-order valence-electron chi connectivity index (χ4n) is 2.18. The van der Waals surface area contributed by atoms with Crippen LogP contribution < -0.4 is 0 Å². The second-order valence-corrected chi connectivity index (χ2v) is 5.78. The van der Waals surface area contributed by atoms with Crippen molar-refractivity contribution in [1.29, 1.82) is 0 Å². The first kappa shape index (κ1) is 12.7. The maximum atomic E-state index is 4.52. The summed E-state index contributed by atoms with van der Waals surface area (Å²) >= 11 is 0. The summed E-state index contributed by atoms with van der Waals surface area (Å²) in [5.41, 5.74) is 5.11. The number of rotatable bonds is 2. The predicted molar refractivity (Wildman–Crippen MR) is 74.7 cm³/mol. The van der Waals surface area contributed by atoms with E-state index >= 15 is 0 Å². The summed E-state index contributed by atoms with van der Waals surface area (Å²) in [5, 5.41) is 0. The van der Waals surface area contributed by atoms with Crippen molar-refractivity contribution in [2.24, 2.45) is 0 Å². The van der Waals surface area contributed by atoms with E-state index < -0.39 is 0 Å². The zero-order chi connectivity index (χ0) is 13.2. The fraction of sp³-hybridized carbons (Fsp3) is 0.375. The Bertz CT molecular complexity index is 525. The van der Waals surface area contributed by atoms with Crippen molar-refractivity contribution in [2.45, 2.75) is 39.5 Å². The topological polar surface area (TPSA) is 25.8 Å². The van der Waals surface area contributed by atoms with E-state index in [0.717, 1.165) is 12.1 Å². The predicted octanol–water partition coefficient (Wildman–Crippen LogP) is 3.67. The minimum absolute atomic E-state index is 0.163. The molecular weight excluding hydrogens is 220 g/mol. The van der Waals surface area contributed by atoms with E-state index in [-0.39, 0.29) is 5.41 Å². The van der Waals surface area contributed by atoms with Gasteiger partial charge in [-0.2, -0.15) is 0 Å². The standard InChI is InChI=1S/C16H20N2/c1-12-10-18-14(9-15(12)16(2,3)4)8-13-6-5-7-17-11-13/h5-7,9-11H,8H2,1-4H3. The molecule has 0 saturated carbocycles. The van der Waals surface area contributed by atoms with Crippen LogP contribution in [0.3, 0.4) is 0 Å². The van der Waals surface area contributed by atoms with E-state index in [4.69, 9.17) is 0 Å². The molecule has 2 heteroatoms. The molecule has 2 aromatic heterocycles. The minimum Gasteiger partial charge on any atom is -0.264 e. The lowest BCUT2D eigenvalue weighted by atomic mass is 9.84.